The predicted octanol–water partition coefficient (Wildman–Crippen LogP) is 2.92. The Morgan fingerprint density at radius 1 is 0.739 bits per heavy atom. The third kappa shape index (κ3) is 4.07. The Morgan fingerprint density at radius 2 is 1.13 bits per heavy atom. The lowest BCUT2D eigenvalue weighted by Gasteiger charge is -2.13. The van der Waals surface area contributed by atoms with E-state index >= 15 is 0 Å². The Morgan fingerprint density at radius 3 is 1.48 bits per heavy atom. The second kappa shape index (κ2) is 7.40. The fourth-order valence-electron chi connectivity index (χ4n) is 2.30. The fraction of sp³-hybridized carbons (Fsp3) is 0.158. The summed E-state index contributed by atoms with van der Waals surface area (Å²) in [6.07, 6.45) is -0.429. The maximum absolute atomic E-state index is 12.6. The molecule has 0 amide bonds. The topological polar surface area (TPSA) is 68.3 Å². The summed E-state index contributed by atoms with van der Waals surface area (Å²) in [4.78, 5) is 48.8. The monoisotopic (exact) mass is 308 g/mol. The fourth-order valence-corrected chi connectivity index (χ4v) is 2.30. The smallest absolute Gasteiger partial charge is 0.181 e. The minimum absolute atomic E-state index is 0.277. The molecule has 0 fully saturated rings. The van der Waals surface area contributed by atoms with Crippen LogP contribution in [0.25, 0.3) is 0 Å². The molecule has 0 bridgehead atoms. The van der Waals surface area contributed by atoms with Crippen LogP contribution in [-0.4, -0.2) is 23.1 Å². The first kappa shape index (κ1) is 16.5. The van der Waals surface area contributed by atoms with Gasteiger partial charge in [0.15, 0.2) is 17.3 Å². The number of Topliss-reactive ketones (excluding diaryl/α,β-unsaturated/α-hetero) is 4. The van der Waals surface area contributed by atoms with Gasteiger partial charge in [0.2, 0.25) is 0 Å². The minimum atomic E-state index is -1.48. The van der Waals surface area contributed by atoms with E-state index in [1.165, 1.54) is 6.92 Å². The zero-order valence-corrected chi connectivity index (χ0v) is 12.7. The molecule has 0 heterocycles. The Kier molecular flexibility index (Phi) is 5.31. The van der Waals surface area contributed by atoms with E-state index in [1.54, 1.807) is 60.7 Å². The summed E-state index contributed by atoms with van der Waals surface area (Å²) in [6.45, 7) is 1.26. The lowest BCUT2D eigenvalue weighted by molar-refractivity contribution is -0.126. The molecule has 0 spiro atoms. The van der Waals surface area contributed by atoms with Crippen LogP contribution in [0, 0.1) is 5.92 Å². The maximum atomic E-state index is 12.6. The van der Waals surface area contributed by atoms with E-state index in [0.29, 0.717) is 0 Å². The minimum Gasteiger partial charge on any atom is -0.300 e. The third-order valence-electron chi connectivity index (χ3n) is 3.39. The molecule has 0 N–H and O–H groups in total. The van der Waals surface area contributed by atoms with Gasteiger partial charge in [0.05, 0.1) is 6.42 Å². The highest BCUT2D eigenvalue weighted by atomic mass is 16.2. The lowest BCUT2D eigenvalue weighted by Crippen LogP contribution is -2.33. The molecule has 2 aromatic carbocycles. The van der Waals surface area contributed by atoms with E-state index in [4.69, 9.17) is 0 Å². The molecule has 0 aliphatic heterocycles. The molecule has 0 saturated heterocycles. The van der Waals surface area contributed by atoms with Crippen molar-refractivity contribution in [3.05, 3.63) is 71.8 Å². The zero-order valence-electron chi connectivity index (χ0n) is 12.7. The normalized spacial score (nSPS) is 10.3. The van der Waals surface area contributed by atoms with E-state index in [0.717, 1.165) is 0 Å². The van der Waals surface area contributed by atoms with Crippen molar-refractivity contribution >= 4 is 23.1 Å². The number of benzene rings is 2. The quantitative estimate of drug-likeness (QED) is 0.582. The summed E-state index contributed by atoms with van der Waals surface area (Å²) < 4.78 is 0. The first-order chi connectivity index (χ1) is 11.0. The van der Waals surface area contributed by atoms with Crippen LogP contribution in [0.4, 0.5) is 0 Å². The molecular formula is C19H16O4. The maximum Gasteiger partial charge on any atom is 0.181 e. The molecule has 2 aromatic rings. The van der Waals surface area contributed by atoms with E-state index in [-0.39, 0.29) is 16.9 Å². The van der Waals surface area contributed by atoms with Crippen LogP contribution in [0.1, 0.15) is 34.1 Å². The van der Waals surface area contributed by atoms with Crippen molar-refractivity contribution < 1.29 is 19.2 Å². The number of carbonyl (C=O) groups excluding carboxylic acids is 4. The zero-order chi connectivity index (χ0) is 16.8. The van der Waals surface area contributed by atoms with Crippen LogP contribution in [0.2, 0.25) is 0 Å². The molecular weight excluding hydrogens is 292 g/mol. The first-order valence-electron chi connectivity index (χ1n) is 7.21. The van der Waals surface area contributed by atoms with Crippen molar-refractivity contribution in [2.24, 2.45) is 5.92 Å². The van der Waals surface area contributed by atoms with Gasteiger partial charge in [0, 0.05) is 11.1 Å². The Balaban J connectivity index is 2.40. The molecule has 4 heteroatoms. The van der Waals surface area contributed by atoms with Gasteiger partial charge in [0.25, 0.3) is 0 Å². The third-order valence-corrected chi connectivity index (χ3v) is 3.39. The van der Waals surface area contributed by atoms with Gasteiger partial charge < -0.3 is 0 Å². The van der Waals surface area contributed by atoms with Crippen molar-refractivity contribution in [3.63, 3.8) is 0 Å². The van der Waals surface area contributed by atoms with Crippen molar-refractivity contribution in [3.8, 4) is 0 Å². The molecule has 2 rings (SSSR count). The highest BCUT2D eigenvalue weighted by molar-refractivity contribution is 6.29. The lowest BCUT2D eigenvalue weighted by atomic mass is 9.85. The van der Waals surface area contributed by atoms with E-state index < -0.39 is 29.7 Å². The van der Waals surface area contributed by atoms with Crippen LogP contribution < -0.4 is 0 Å². The number of carbonyl (C=O) groups is 4. The molecule has 116 valence electrons. The molecule has 0 saturated carbocycles. The summed E-state index contributed by atoms with van der Waals surface area (Å²) in [6, 6.07) is 16.3. The largest absolute Gasteiger partial charge is 0.300 e. The second-order valence-corrected chi connectivity index (χ2v) is 5.24. The Hall–Kier alpha value is -2.88. The highest BCUT2D eigenvalue weighted by Gasteiger charge is 2.35. The van der Waals surface area contributed by atoms with Crippen molar-refractivity contribution in [1.29, 1.82) is 0 Å². The van der Waals surface area contributed by atoms with Crippen LogP contribution in [-0.2, 0) is 9.59 Å². The van der Waals surface area contributed by atoms with Crippen LogP contribution in [0.15, 0.2) is 60.7 Å². The Bertz CT molecular complexity index is 681. The summed E-state index contributed by atoms with van der Waals surface area (Å²) in [7, 11) is 0. The van der Waals surface area contributed by atoms with Crippen molar-refractivity contribution in [2.45, 2.75) is 13.3 Å². The van der Waals surface area contributed by atoms with Crippen molar-refractivity contribution in [1.82, 2.24) is 0 Å². The summed E-state index contributed by atoms with van der Waals surface area (Å²) in [5.74, 6) is -3.68. The molecule has 0 aromatic heterocycles. The molecule has 23 heavy (non-hydrogen) atoms. The average molecular weight is 308 g/mol. The predicted molar refractivity (Wildman–Crippen MR) is 85.3 cm³/mol. The number of ketones is 4. The average Bonchev–Trinajstić information content (AvgIpc) is 2.55. The van der Waals surface area contributed by atoms with Gasteiger partial charge in [-0.3, -0.25) is 19.2 Å². The van der Waals surface area contributed by atoms with Crippen LogP contribution in [0.5, 0.6) is 0 Å². The van der Waals surface area contributed by atoms with Gasteiger partial charge in [-0.25, -0.2) is 0 Å². The van der Waals surface area contributed by atoms with E-state index in [2.05, 4.69) is 0 Å². The summed E-state index contributed by atoms with van der Waals surface area (Å²) >= 11 is 0. The second-order valence-electron chi connectivity index (χ2n) is 5.24. The first-order valence-corrected chi connectivity index (χ1v) is 7.21. The molecule has 0 aliphatic rings. The number of hydrogen-bond donors (Lipinski definition) is 0. The van der Waals surface area contributed by atoms with E-state index in [9.17, 15) is 19.2 Å². The SMILES string of the molecule is CC(=O)CC(=O)C(C(=O)c1ccccc1)C(=O)c1ccccc1. The molecule has 4 nitrogen and oxygen atoms in total. The molecule has 0 aliphatic carbocycles. The van der Waals surface area contributed by atoms with Gasteiger partial charge >= 0.3 is 0 Å². The summed E-state index contributed by atoms with van der Waals surface area (Å²) in [5.41, 5.74) is 0.553. The van der Waals surface area contributed by atoms with E-state index in [1.807, 2.05) is 0 Å². The molecule has 0 radical (unpaired) electrons. The molecule has 0 unspecified atom stereocenters. The van der Waals surface area contributed by atoms with Gasteiger partial charge in [0.1, 0.15) is 11.7 Å². The van der Waals surface area contributed by atoms with Gasteiger partial charge in [-0.15, -0.1) is 0 Å². The number of rotatable bonds is 7. The molecule has 0 atom stereocenters. The van der Waals surface area contributed by atoms with Crippen LogP contribution in [0.3, 0.4) is 0 Å². The highest BCUT2D eigenvalue weighted by Crippen LogP contribution is 2.18. The van der Waals surface area contributed by atoms with Gasteiger partial charge in [-0.2, -0.15) is 0 Å². The summed E-state index contributed by atoms with van der Waals surface area (Å²) in [5, 5.41) is 0. The van der Waals surface area contributed by atoms with Gasteiger partial charge in [-0.1, -0.05) is 60.7 Å². The van der Waals surface area contributed by atoms with Crippen molar-refractivity contribution in [2.75, 3.05) is 0 Å². The standard InChI is InChI=1S/C19H16O4/c1-13(20)12-16(21)17(18(22)14-8-4-2-5-9-14)19(23)15-10-6-3-7-11-15/h2-11,17H,12H2,1H3. The number of hydrogen-bond acceptors (Lipinski definition) is 4. The van der Waals surface area contributed by atoms with Gasteiger partial charge in [-0.05, 0) is 6.92 Å². The van der Waals surface area contributed by atoms with Crippen LogP contribution >= 0.6 is 0 Å². The Labute approximate surface area is 134 Å².